The van der Waals surface area contributed by atoms with Gasteiger partial charge in [-0.05, 0) is 17.7 Å². The smallest absolute Gasteiger partial charge is 0.307 e. The minimum absolute atomic E-state index is 0.0665. The number of rotatable bonds is 2. The summed E-state index contributed by atoms with van der Waals surface area (Å²) < 4.78 is 0. The van der Waals surface area contributed by atoms with Crippen LogP contribution in [-0.2, 0) is 11.2 Å². The third kappa shape index (κ3) is 2.13. The molecule has 3 N–H and O–H groups in total. The first kappa shape index (κ1) is 8.87. The van der Waals surface area contributed by atoms with Gasteiger partial charge in [-0.1, -0.05) is 17.7 Å². The summed E-state index contributed by atoms with van der Waals surface area (Å²) in [5.41, 5.74) is 6.53. The molecule has 0 spiro atoms. The Kier molecular flexibility index (Phi) is 2.55. The van der Waals surface area contributed by atoms with Crippen molar-refractivity contribution in [2.45, 2.75) is 6.42 Å². The van der Waals surface area contributed by atoms with Gasteiger partial charge in [0.1, 0.15) is 0 Å². The van der Waals surface area contributed by atoms with Gasteiger partial charge >= 0.3 is 5.97 Å². The maximum absolute atomic E-state index is 10.3. The number of carboxylic acids is 1. The number of aliphatic carboxylic acids is 1. The van der Waals surface area contributed by atoms with Crippen LogP contribution in [0.5, 0.6) is 0 Å². The second-order valence-electron chi connectivity index (χ2n) is 2.41. The van der Waals surface area contributed by atoms with Crippen LogP contribution in [0.2, 0.25) is 5.02 Å². The van der Waals surface area contributed by atoms with Gasteiger partial charge in [-0.2, -0.15) is 0 Å². The van der Waals surface area contributed by atoms with E-state index in [2.05, 4.69) is 0 Å². The Labute approximate surface area is 74.8 Å². The second-order valence-corrected chi connectivity index (χ2v) is 2.85. The molecule has 1 aromatic carbocycles. The summed E-state index contributed by atoms with van der Waals surface area (Å²) in [6.07, 6.45) is -0.0665. The van der Waals surface area contributed by atoms with E-state index in [4.69, 9.17) is 22.4 Å². The lowest BCUT2D eigenvalue weighted by atomic mass is 10.1. The molecule has 64 valence electrons. The van der Waals surface area contributed by atoms with Crippen molar-refractivity contribution in [3.8, 4) is 0 Å². The number of carbonyl (C=O) groups is 1. The first-order valence-corrected chi connectivity index (χ1v) is 3.73. The highest BCUT2D eigenvalue weighted by Gasteiger charge is 2.04. The van der Waals surface area contributed by atoms with Crippen LogP contribution in [0, 0.1) is 0 Å². The highest BCUT2D eigenvalue weighted by molar-refractivity contribution is 6.30. The Morgan fingerprint density at radius 2 is 2.25 bits per heavy atom. The lowest BCUT2D eigenvalue weighted by molar-refractivity contribution is -0.136. The molecule has 1 aromatic rings. The van der Waals surface area contributed by atoms with Crippen molar-refractivity contribution in [3.05, 3.63) is 28.8 Å². The third-order valence-corrected chi connectivity index (χ3v) is 1.68. The molecule has 0 heterocycles. The third-order valence-electron chi connectivity index (χ3n) is 1.45. The molecule has 0 amide bonds. The average molecular weight is 186 g/mol. The van der Waals surface area contributed by atoms with Crippen molar-refractivity contribution in [2.24, 2.45) is 0 Å². The van der Waals surface area contributed by atoms with Crippen molar-refractivity contribution >= 4 is 23.3 Å². The van der Waals surface area contributed by atoms with E-state index in [1.54, 1.807) is 18.2 Å². The molecule has 0 atom stereocenters. The molecule has 4 heteroatoms. The van der Waals surface area contributed by atoms with Crippen molar-refractivity contribution in [1.29, 1.82) is 0 Å². The number of nitrogen functional groups attached to an aromatic ring is 1. The van der Waals surface area contributed by atoms with E-state index in [1.165, 1.54) is 0 Å². The van der Waals surface area contributed by atoms with Gasteiger partial charge in [0, 0.05) is 10.7 Å². The fourth-order valence-corrected chi connectivity index (χ4v) is 1.07. The highest BCUT2D eigenvalue weighted by atomic mass is 35.5. The van der Waals surface area contributed by atoms with E-state index >= 15 is 0 Å². The van der Waals surface area contributed by atoms with Gasteiger partial charge in [0.25, 0.3) is 0 Å². The van der Waals surface area contributed by atoms with Crippen LogP contribution in [0.1, 0.15) is 5.56 Å². The van der Waals surface area contributed by atoms with Gasteiger partial charge < -0.3 is 10.8 Å². The lowest BCUT2D eigenvalue weighted by Gasteiger charge is -2.01. The standard InChI is InChI=1S/C8H8ClNO2/c9-6-2-1-5(3-8(11)12)7(10)4-6/h1-2,4H,3,10H2,(H,11,12). The molecule has 0 fully saturated rings. The SMILES string of the molecule is Nc1cc(Cl)ccc1CC(=O)O. The van der Waals surface area contributed by atoms with Crippen molar-refractivity contribution in [2.75, 3.05) is 5.73 Å². The zero-order valence-corrected chi connectivity index (χ0v) is 7.01. The predicted octanol–water partition coefficient (Wildman–Crippen LogP) is 1.55. The second kappa shape index (κ2) is 3.45. The van der Waals surface area contributed by atoms with E-state index < -0.39 is 5.97 Å². The Morgan fingerprint density at radius 1 is 1.58 bits per heavy atom. The highest BCUT2D eigenvalue weighted by Crippen LogP contribution is 2.18. The monoisotopic (exact) mass is 185 g/mol. The van der Waals surface area contributed by atoms with Gasteiger partial charge in [0.2, 0.25) is 0 Å². The van der Waals surface area contributed by atoms with Gasteiger partial charge in [-0.15, -0.1) is 0 Å². The Morgan fingerprint density at radius 3 is 2.75 bits per heavy atom. The molecule has 1 rings (SSSR count). The summed E-state index contributed by atoms with van der Waals surface area (Å²) in [6, 6.07) is 4.78. The number of benzene rings is 1. The Hall–Kier alpha value is -1.22. The van der Waals surface area contributed by atoms with Crippen LogP contribution < -0.4 is 5.73 Å². The maximum atomic E-state index is 10.3. The van der Waals surface area contributed by atoms with Gasteiger partial charge in [-0.25, -0.2) is 0 Å². The van der Waals surface area contributed by atoms with Crippen molar-refractivity contribution in [1.82, 2.24) is 0 Å². The van der Waals surface area contributed by atoms with Crippen LogP contribution in [0.25, 0.3) is 0 Å². The molecular formula is C8H8ClNO2. The molecule has 0 aliphatic rings. The molecule has 0 unspecified atom stereocenters. The quantitative estimate of drug-likeness (QED) is 0.688. The minimum Gasteiger partial charge on any atom is -0.481 e. The number of anilines is 1. The topological polar surface area (TPSA) is 63.3 Å². The van der Waals surface area contributed by atoms with E-state index in [-0.39, 0.29) is 6.42 Å². The summed E-state index contributed by atoms with van der Waals surface area (Å²) >= 11 is 5.63. The molecule has 0 aliphatic heterocycles. The fourth-order valence-electron chi connectivity index (χ4n) is 0.890. The molecular weight excluding hydrogens is 178 g/mol. The molecule has 0 radical (unpaired) electrons. The van der Waals surface area contributed by atoms with E-state index in [9.17, 15) is 4.79 Å². The maximum Gasteiger partial charge on any atom is 0.307 e. The van der Waals surface area contributed by atoms with Gasteiger partial charge in [-0.3, -0.25) is 4.79 Å². The zero-order valence-electron chi connectivity index (χ0n) is 6.25. The van der Waals surface area contributed by atoms with Gasteiger partial charge in [0.15, 0.2) is 0 Å². The number of carboxylic acid groups (broad SMARTS) is 1. The van der Waals surface area contributed by atoms with Crippen LogP contribution in [0.3, 0.4) is 0 Å². The molecule has 0 saturated carbocycles. The van der Waals surface area contributed by atoms with E-state index in [1.807, 2.05) is 0 Å². The minimum atomic E-state index is -0.899. The van der Waals surface area contributed by atoms with Crippen LogP contribution in [-0.4, -0.2) is 11.1 Å². The first-order valence-electron chi connectivity index (χ1n) is 3.35. The number of halogens is 1. The summed E-state index contributed by atoms with van der Waals surface area (Å²) in [5, 5.41) is 8.99. The normalized spacial score (nSPS) is 9.75. The van der Waals surface area contributed by atoms with Gasteiger partial charge in [0.05, 0.1) is 6.42 Å². The zero-order chi connectivity index (χ0) is 9.14. The number of hydrogen-bond donors (Lipinski definition) is 2. The molecule has 3 nitrogen and oxygen atoms in total. The number of nitrogens with two attached hydrogens (primary N) is 1. The van der Waals surface area contributed by atoms with E-state index in [0.717, 1.165) is 0 Å². The van der Waals surface area contributed by atoms with Crippen LogP contribution in [0.15, 0.2) is 18.2 Å². The largest absolute Gasteiger partial charge is 0.481 e. The summed E-state index contributed by atoms with van der Waals surface area (Å²) in [5.74, 6) is -0.899. The van der Waals surface area contributed by atoms with E-state index in [0.29, 0.717) is 16.3 Å². The summed E-state index contributed by atoms with van der Waals surface area (Å²) in [6.45, 7) is 0. The summed E-state index contributed by atoms with van der Waals surface area (Å²) in [7, 11) is 0. The first-order chi connectivity index (χ1) is 5.59. The predicted molar refractivity (Wildman–Crippen MR) is 47.2 cm³/mol. The molecule has 0 aliphatic carbocycles. The Bertz CT molecular complexity index is 312. The van der Waals surface area contributed by atoms with Crippen LogP contribution in [0.4, 0.5) is 5.69 Å². The lowest BCUT2D eigenvalue weighted by Crippen LogP contribution is -2.03. The molecule has 0 aromatic heterocycles. The molecule has 0 bridgehead atoms. The molecule has 12 heavy (non-hydrogen) atoms. The van der Waals surface area contributed by atoms with Crippen molar-refractivity contribution < 1.29 is 9.90 Å². The number of hydrogen-bond acceptors (Lipinski definition) is 2. The fraction of sp³-hybridized carbons (Fsp3) is 0.125. The summed E-state index contributed by atoms with van der Waals surface area (Å²) in [4.78, 5) is 10.3. The molecule has 0 saturated heterocycles. The Balaban J connectivity index is 2.93. The average Bonchev–Trinajstić information content (AvgIpc) is 1.94. The van der Waals surface area contributed by atoms with Crippen LogP contribution >= 0.6 is 11.6 Å². The van der Waals surface area contributed by atoms with Crippen molar-refractivity contribution in [3.63, 3.8) is 0 Å².